The van der Waals surface area contributed by atoms with Crippen LogP contribution in [0.2, 0.25) is 5.02 Å². The number of carbonyl (C=O) groups excluding carboxylic acids is 1. The molecule has 0 spiro atoms. The van der Waals surface area contributed by atoms with Gasteiger partial charge < -0.3 is 24.0 Å². The molecule has 2 fully saturated rings. The fraction of sp³-hybridized carbons (Fsp3) is 0.516. The molecule has 1 aromatic carbocycles. The topological polar surface area (TPSA) is 119 Å². The third-order valence-electron chi connectivity index (χ3n) is 9.09. The van der Waals surface area contributed by atoms with Gasteiger partial charge in [0.2, 0.25) is 0 Å². The number of likely N-dealkylation sites (tertiary alicyclic amines) is 1. The molecule has 4 aromatic rings. The molecule has 0 aliphatic carbocycles. The summed E-state index contributed by atoms with van der Waals surface area (Å²) in [5, 5.41) is 8.67. The molecule has 2 atom stereocenters. The number of rotatable bonds is 3. The van der Waals surface area contributed by atoms with Crippen molar-refractivity contribution in [1.82, 2.24) is 30.0 Å². The van der Waals surface area contributed by atoms with E-state index in [1.54, 1.807) is 18.5 Å². The number of nitrogens with one attached hydrogen (secondary N) is 1. The summed E-state index contributed by atoms with van der Waals surface area (Å²) >= 11 is 6.77. The van der Waals surface area contributed by atoms with Crippen LogP contribution < -0.4 is 9.64 Å². The van der Waals surface area contributed by atoms with E-state index >= 15 is 4.39 Å². The molecule has 0 saturated carbocycles. The zero-order chi connectivity index (χ0) is 30.4. The SMILES string of the molecule is CN1CCC[C@H]1COc1nc2c3cnc(c(F)c3n1)-c1c(c(Cl)cc3[nH]ncc13)CCCOC(=O)O[C@]1(C)CCCCN2C1. The first-order chi connectivity index (χ1) is 21.3. The summed E-state index contributed by atoms with van der Waals surface area (Å²) in [6.45, 7) is 4.38. The molecule has 4 aliphatic heterocycles. The number of hydrogen-bond donors (Lipinski definition) is 1. The van der Waals surface area contributed by atoms with Crippen molar-refractivity contribution in [3.63, 3.8) is 0 Å². The van der Waals surface area contributed by atoms with Crippen LogP contribution in [0.1, 0.15) is 51.0 Å². The monoisotopic (exact) mass is 623 g/mol. The molecule has 7 heterocycles. The van der Waals surface area contributed by atoms with Crippen molar-refractivity contribution in [2.24, 2.45) is 0 Å². The molecule has 2 saturated heterocycles. The fourth-order valence-electron chi connectivity index (χ4n) is 6.74. The Morgan fingerprint density at radius 3 is 2.91 bits per heavy atom. The summed E-state index contributed by atoms with van der Waals surface area (Å²) in [6, 6.07) is 2.08. The molecular formula is C31H35ClFN7O4. The predicted molar refractivity (Wildman–Crippen MR) is 164 cm³/mol. The van der Waals surface area contributed by atoms with E-state index in [4.69, 9.17) is 30.8 Å². The van der Waals surface area contributed by atoms with Crippen LogP contribution in [0.25, 0.3) is 33.1 Å². The van der Waals surface area contributed by atoms with Crippen molar-refractivity contribution in [2.45, 2.75) is 63.5 Å². The van der Waals surface area contributed by atoms with Crippen molar-refractivity contribution >= 4 is 45.4 Å². The minimum absolute atomic E-state index is 0.0935. The summed E-state index contributed by atoms with van der Waals surface area (Å²) in [6.07, 6.45) is 7.83. The number of halogens is 2. The molecular weight excluding hydrogens is 589 g/mol. The smallest absolute Gasteiger partial charge is 0.462 e. The number of carbonyl (C=O) groups is 1. The number of ether oxygens (including phenoxy) is 3. The Morgan fingerprint density at radius 1 is 1.18 bits per heavy atom. The third-order valence-corrected chi connectivity index (χ3v) is 9.42. The van der Waals surface area contributed by atoms with Gasteiger partial charge in [-0.1, -0.05) is 11.6 Å². The molecule has 0 amide bonds. The van der Waals surface area contributed by atoms with E-state index in [2.05, 4.69) is 32.1 Å². The minimum Gasteiger partial charge on any atom is -0.462 e. The van der Waals surface area contributed by atoms with Gasteiger partial charge in [-0.3, -0.25) is 10.1 Å². The van der Waals surface area contributed by atoms with E-state index in [-0.39, 0.29) is 29.9 Å². The average molecular weight is 624 g/mol. The van der Waals surface area contributed by atoms with Gasteiger partial charge in [0.25, 0.3) is 0 Å². The van der Waals surface area contributed by atoms with Gasteiger partial charge >= 0.3 is 12.2 Å². The van der Waals surface area contributed by atoms with E-state index < -0.39 is 17.6 Å². The number of likely N-dealkylation sites (N-methyl/N-ethyl adjacent to an activating group) is 1. The Kier molecular flexibility index (Phi) is 7.65. The number of pyridine rings is 1. The van der Waals surface area contributed by atoms with Crippen LogP contribution >= 0.6 is 11.6 Å². The van der Waals surface area contributed by atoms with Crippen LogP contribution in [0.5, 0.6) is 6.01 Å². The Morgan fingerprint density at radius 2 is 2.07 bits per heavy atom. The maximum absolute atomic E-state index is 16.9. The van der Waals surface area contributed by atoms with Crippen molar-refractivity contribution in [3.05, 3.63) is 34.9 Å². The average Bonchev–Trinajstić information content (AvgIpc) is 3.58. The number of nitrogens with zero attached hydrogens (tertiary/aromatic N) is 6. The van der Waals surface area contributed by atoms with E-state index in [1.807, 2.05) is 11.8 Å². The van der Waals surface area contributed by atoms with Crippen LogP contribution in [-0.4, -0.2) is 87.7 Å². The number of hydrogen-bond acceptors (Lipinski definition) is 10. The van der Waals surface area contributed by atoms with Crippen LogP contribution in [0.3, 0.4) is 0 Å². The molecule has 0 unspecified atom stereocenters. The second-order valence-corrected chi connectivity index (χ2v) is 12.7. The van der Waals surface area contributed by atoms with E-state index in [0.29, 0.717) is 77.2 Å². The number of H-pyrrole nitrogens is 1. The molecule has 4 aliphatic rings. The first-order valence-corrected chi connectivity index (χ1v) is 15.6. The molecule has 1 N–H and O–H groups in total. The number of benzene rings is 1. The van der Waals surface area contributed by atoms with E-state index in [0.717, 1.165) is 32.2 Å². The van der Waals surface area contributed by atoms with Gasteiger partial charge in [0.1, 0.15) is 29.2 Å². The summed E-state index contributed by atoms with van der Waals surface area (Å²) in [5.74, 6) is -0.105. The summed E-state index contributed by atoms with van der Waals surface area (Å²) in [4.78, 5) is 31.3. The van der Waals surface area contributed by atoms with Gasteiger partial charge in [-0.2, -0.15) is 15.1 Å². The Labute approximate surface area is 259 Å². The van der Waals surface area contributed by atoms with Crippen LogP contribution in [-0.2, 0) is 15.9 Å². The first kappa shape index (κ1) is 29.0. The van der Waals surface area contributed by atoms with Gasteiger partial charge in [-0.25, -0.2) is 9.18 Å². The lowest BCUT2D eigenvalue weighted by Crippen LogP contribution is -2.43. The van der Waals surface area contributed by atoms with Crippen molar-refractivity contribution in [2.75, 3.05) is 44.8 Å². The van der Waals surface area contributed by atoms with Crippen molar-refractivity contribution in [1.29, 1.82) is 0 Å². The largest absolute Gasteiger partial charge is 0.508 e. The Bertz CT molecular complexity index is 1730. The van der Waals surface area contributed by atoms with Crippen molar-refractivity contribution in [3.8, 4) is 17.3 Å². The van der Waals surface area contributed by atoms with E-state index in [1.165, 1.54) is 0 Å². The molecule has 13 heteroatoms. The second kappa shape index (κ2) is 11.6. The van der Waals surface area contributed by atoms with E-state index in [9.17, 15) is 4.79 Å². The number of anilines is 1. The van der Waals surface area contributed by atoms with Gasteiger partial charge in [0.05, 0.1) is 30.3 Å². The molecule has 0 radical (unpaired) electrons. The Hall–Kier alpha value is -3.77. The van der Waals surface area contributed by atoms with Gasteiger partial charge in [-0.05, 0) is 77.1 Å². The minimum atomic E-state index is -0.843. The molecule has 232 valence electrons. The van der Waals surface area contributed by atoms with Gasteiger partial charge in [0, 0.05) is 34.8 Å². The predicted octanol–water partition coefficient (Wildman–Crippen LogP) is 5.68. The van der Waals surface area contributed by atoms with Crippen molar-refractivity contribution < 1.29 is 23.4 Å². The van der Waals surface area contributed by atoms with Gasteiger partial charge in [-0.15, -0.1) is 0 Å². The zero-order valence-electron chi connectivity index (χ0n) is 24.9. The van der Waals surface area contributed by atoms with Crippen LogP contribution in [0.15, 0.2) is 18.5 Å². The summed E-state index contributed by atoms with van der Waals surface area (Å²) < 4.78 is 34.5. The van der Waals surface area contributed by atoms with Crippen LogP contribution in [0, 0.1) is 5.82 Å². The lowest BCUT2D eigenvalue weighted by atomic mass is 9.95. The second-order valence-electron chi connectivity index (χ2n) is 12.3. The Balaban J connectivity index is 1.43. The fourth-order valence-corrected chi connectivity index (χ4v) is 7.04. The highest BCUT2D eigenvalue weighted by Gasteiger charge is 2.36. The lowest BCUT2D eigenvalue weighted by molar-refractivity contribution is -0.0250. The normalized spacial score (nSPS) is 23.1. The molecule has 3 aromatic heterocycles. The molecule has 6 bridgehead atoms. The lowest BCUT2D eigenvalue weighted by Gasteiger charge is -2.33. The highest BCUT2D eigenvalue weighted by atomic mass is 35.5. The number of aromatic amines is 1. The third kappa shape index (κ3) is 5.38. The standard InChI is InChI=1S/C31H35ClFN7O4/c1-31-9-3-4-11-40(17-31)28-21-14-34-27(25(33)26(21)36-29(37-28)43-16-18-7-5-10-39(18)2)24-19(8-6-12-42-30(41)44-31)22(32)13-23-20(24)15-35-38-23/h13-15,18H,3-12,16-17H2,1-2H3,(H,35,38)/t18-,31+/m0/s1. The highest BCUT2D eigenvalue weighted by molar-refractivity contribution is 6.33. The number of fused-ring (bicyclic) bond motifs is 7. The zero-order valence-corrected chi connectivity index (χ0v) is 25.6. The quantitative estimate of drug-likeness (QED) is 0.285. The molecule has 11 nitrogen and oxygen atoms in total. The first-order valence-electron chi connectivity index (χ1n) is 15.2. The van der Waals surface area contributed by atoms with Crippen LogP contribution in [0.4, 0.5) is 15.0 Å². The maximum atomic E-state index is 16.9. The molecule has 8 rings (SSSR count). The molecule has 44 heavy (non-hydrogen) atoms. The number of aromatic nitrogens is 5. The summed E-state index contributed by atoms with van der Waals surface area (Å²) in [7, 11) is 2.07. The maximum Gasteiger partial charge on any atom is 0.508 e. The highest BCUT2D eigenvalue weighted by Crippen LogP contribution is 2.40. The summed E-state index contributed by atoms with van der Waals surface area (Å²) in [5.41, 5.74) is 1.23. The van der Waals surface area contributed by atoms with Gasteiger partial charge in [0.15, 0.2) is 5.82 Å².